The predicted molar refractivity (Wildman–Crippen MR) is 157 cm³/mol. The number of nitrogens with two attached hydrogens (primary N) is 1. The lowest BCUT2D eigenvalue weighted by atomic mass is 10.0. The van der Waals surface area contributed by atoms with E-state index >= 15 is 0 Å². The molecule has 41 heavy (non-hydrogen) atoms. The lowest BCUT2D eigenvalue weighted by molar-refractivity contribution is 0.0198. The number of ether oxygens (including phenoxy) is 2. The summed E-state index contributed by atoms with van der Waals surface area (Å²) in [6.07, 6.45) is 2.73. The van der Waals surface area contributed by atoms with Crippen molar-refractivity contribution in [2.45, 2.75) is 58.2 Å². The number of carbonyl (C=O) groups is 2. The Kier molecular flexibility index (Phi) is 8.37. The van der Waals surface area contributed by atoms with Gasteiger partial charge in [-0.1, -0.05) is 24.3 Å². The molecule has 0 radical (unpaired) electrons. The van der Waals surface area contributed by atoms with Gasteiger partial charge in [-0.3, -0.25) is 9.69 Å². The van der Waals surface area contributed by atoms with Gasteiger partial charge in [0.05, 0.1) is 24.5 Å². The molecule has 0 saturated carbocycles. The number of carbonyl (C=O) groups excluding carboxylic acids is 2. The molecular weight excluding hydrogens is 522 g/mol. The van der Waals surface area contributed by atoms with Crippen LogP contribution in [0.3, 0.4) is 0 Å². The van der Waals surface area contributed by atoms with Crippen LogP contribution in [0.4, 0.5) is 10.6 Å². The van der Waals surface area contributed by atoms with Crippen molar-refractivity contribution in [2.24, 2.45) is 5.73 Å². The minimum atomic E-state index is -0.588. The normalized spacial score (nSPS) is 19.1. The molecule has 2 aromatic heterocycles. The Morgan fingerprint density at radius 3 is 2.51 bits per heavy atom. The summed E-state index contributed by atoms with van der Waals surface area (Å²) in [5, 5.41) is 3.45. The molecule has 11 nitrogen and oxygen atoms in total. The quantitative estimate of drug-likeness (QED) is 0.458. The molecule has 0 bridgehead atoms. The molecule has 2 saturated heterocycles. The molecule has 3 N–H and O–H groups in total. The van der Waals surface area contributed by atoms with Crippen molar-refractivity contribution in [3.63, 3.8) is 0 Å². The number of fused-ring (bicyclic) bond motifs is 1. The predicted octanol–water partition coefficient (Wildman–Crippen LogP) is 4.00. The molecule has 2 aliphatic rings. The number of primary amides is 1. The Morgan fingerprint density at radius 1 is 1.10 bits per heavy atom. The molecule has 0 aliphatic carbocycles. The van der Waals surface area contributed by atoms with Crippen molar-refractivity contribution in [3.8, 4) is 11.3 Å². The maximum atomic E-state index is 12.7. The van der Waals surface area contributed by atoms with Crippen molar-refractivity contribution < 1.29 is 19.1 Å². The molecular formula is C30H39N7O4. The third-order valence-electron chi connectivity index (χ3n) is 7.55. The molecule has 2 aliphatic heterocycles. The molecule has 1 unspecified atom stereocenters. The van der Waals surface area contributed by atoms with E-state index in [1.165, 1.54) is 11.9 Å². The van der Waals surface area contributed by atoms with Crippen molar-refractivity contribution in [1.29, 1.82) is 0 Å². The molecule has 4 heterocycles. The van der Waals surface area contributed by atoms with Gasteiger partial charge in [0.15, 0.2) is 5.82 Å². The zero-order chi connectivity index (χ0) is 29.1. The largest absolute Gasteiger partial charge is 0.444 e. The maximum Gasteiger partial charge on any atom is 0.410 e. The minimum absolute atomic E-state index is 0.0715. The van der Waals surface area contributed by atoms with Crippen LogP contribution >= 0.6 is 0 Å². The highest BCUT2D eigenvalue weighted by atomic mass is 16.6. The summed E-state index contributed by atoms with van der Waals surface area (Å²) in [5.41, 5.74) is 9.00. The van der Waals surface area contributed by atoms with Crippen molar-refractivity contribution in [3.05, 3.63) is 47.8 Å². The zero-order valence-corrected chi connectivity index (χ0v) is 24.2. The number of amides is 2. The molecule has 11 heteroatoms. The summed E-state index contributed by atoms with van der Waals surface area (Å²) in [4.78, 5) is 43.0. The summed E-state index contributed by atoms with van der Waals surface area (Å²) in [5.74, 6) is -0.0948. The van der Waals surface area contributed by atoms with Crippen molar-refractivity contribution in [2.75, 3.05) is 44.7 Å². The average Bonchev–Trinajstić information content (AvgIpc) is 2.96. The fourth-order valence-corrected chi connectivity index (χ4v) is 5.37. The van der Waals surface area contributed by atoms with Crippen LogP contribution in [0.5, 0.6) is 0 Å². The fraction of sp³-hybridized carbons (Fsp3) is 0.500. The molecule has 2 atom stereocenters. The Labute approximate surface area is 240 Å². The van der Waals surface area contributed by atoms with Crippen LogP contribution < -0.4 is 11.1 Å². The monoisotopic (exact) mass is 561 g/mol. The van der Waals surface area contributed by atoms with Gasteiger partial charge >= 0.3 is 6.09 Å². The SMILES string of the molecule is CC(c1ccc(-c2cc(C(N)=O)c3ncnc(N[C@H]4CCCN(C(=O)OC(C)(C)C)C4)c3n2)cc1)N1CCOCC1. The van der Waals surface area contributed by atoms with Crippen molar-refractivity contribution >= 4 is 28.9 Å². The summed E-state index contributed by atoms with van der Waals surface area (Å²) in [6, 6.07) is 10.1. The van der Waals surface area contributed by atoms with Crippen LogP contribution in [0, 0.1) is 0 Å². The lowest BCUT2D eigenvalue weighted by Crippen LogP contribution is -2.47. The van der Waals surface area contributed by atoms with Gasteiger partial charge in [0, 0.05) is 43.8 Å². The summed E-state index contributed by atoms with van der Waals surface area (Å²) in [6.45, 7) is 12.2. The number of nitrogens with one attached hydrogen (secondary N) is 1. The Morgan fingerprint density at radius 2 is 1.83 bits per heavy atom. The lowest BCUT2D eigenvalue weighted by Gasteiger charge is -2.34. The number of aromatic nitrogens is 3. The first-order valence-corrected chi connectivity index (χ1v) is 14.2. The third-order valence-corrected chi connectivity index (χ3v) is 7.55. The molecule has 218 valence electrons. The van der Waals surface area contributed by atoms with Gasteiger partial charge in [0.2, 0.25) is 0 Å². The van der Waals surface area contributed by atoms with E-state index in [4.69, 9.17) is 20.2 Å². The van der Waals surface area contributed by atoms with Crippen molar-refractivity contribution in [1.82, 2.24) is 24.8 Å². The Hall–Kier alpha value is -3.83. The van der Waals surface area contributed by atoms with Gasteiger partial charge in [0.25, 0.3) is 5.91 Å². The number of hydrogen-bond acceptors (Lipinski definition) is 9. The molecule has 3 aromatic rings. The zero-order valence-electron chi connectivity index (χ0n) is 24.2. The van der Waals surface area contributed by atoms with Crippen LogP contribution in [0.25, 0.3) is 22.3 Å². The second-order valence-electron chi connectivity index (χ2n) is 11.7. The molecule has 1 aromatic carbocycles. The highest BCUT2D eigenvalue weighted by Gasteiger charge is 2.28. The molecule has 0 spiro atoms. The number of rotatable bonds is 6. The van der Waals surface area contributed by atoms with E-state index in [1.807, 2.05) is 32.9 Å². The van der Waals surface area contributed by atoms with Gasteiger partial charge < -0.3 is 25.4 Å². The van der Waals surface area contributed by atoms with E-state index in [1.54, 1.807) is 11.0 Å². The highest BCUT2D eigenvalue weighted by molar-refractivity contribution is 6.06. The minimum Gasteiger partial charge on any atom is -0.444 e. The molecule has 5 rings (SSSR count). The van der Waals surface area contributed by atoms with E-state index in [0.29, 0.717) is 35.6 Å². The second kappa shape index (κ2) is 12.0. The summed E-state index contributed by atoms with van der Waals surface area (Å²) >= 11 is 0. The first kappa shape index (κ1) is 28.7. The number of likely N-dealkylation sites (tertiary alicyclic amines) is 1. The van der Waals surface area contributed by atoms with Gasteiger partial charge in [-0.15, -0.1) is 0 Å². The van der Waals surface area contributed by atoms with Crippen LogP contribution in [0.2, 0.25) is 0 Å². The number of nitrogens with zero attached hydrogens (tertiary/aromatic N) is 5. The van der Waals surface area contributed by atoms with Crippen LogP contribution in [-0.2, 0) is 9.47 Å². The highest BCUT2D eigenvalue weighted by Crippen LogP contribution is 2.30. The number of anilines is 1. The van der Waals surface area contributed by atoms with E-state index in [9.17, 15) is 9.59 Å². The number of pyridine rings is 1. The summed E-state index contributed by atoms with van der Waals surface area (Å²) < 4.78 is 11.1. The number of morpholine rings is 1. The topological polar surface area (TPSA) is 136 Å². The standard InChI is InChI=1S/C30H39N7O4/c1-19(36-12-14-40-15-13-36)20-7-9-21(10-8-20)24-16-23(27(31)38)25-26(35-24)28(33-18-32-25)34-22-6-5-11-37(17-22)29(39)41-30(2,3)4/h7-10,16,18-19,22H,5-6,11-15,17H2,1-4H3,(H2,31,38)(H,32,33,34)/t19?,22-/m0/s1. The fourth-order valence-electron chi connectivity index (χ4n) is 5.37. The van der Waals surface area contributed by atoms with Gasteiger partial charge in [-0.05, 0) is 52.2 Å². The van der Waals surface area contributed by atoms with Gasteiger partial charge in [0.1, 0.15) is 23.0 Å². The summed E-state index contributed by atoms with van der Waals surface area (Å²) in [7, 11) is 0. The van der Waals surface area contributed by atoms with E-state index in [2.05, 4.69) is 39.2 Å². The van der Waals surface area contributed by atoms with E-state index < -0.39 is 11.5 Å². The average molecular weight is 562 g/mol. The number of benzene rings is 1. The first-order chi connectivity index (χ1) is 19.6. The van der Waals surface area contributed by atoms with E-state index in [0.717, 1.165) is 44.7 Å². The molecule has 2 amide bonds. The number of piperidine rings is 1. The van der Waals surface area contributed by atoms with Crippen LogP contribution in [-0.4, -0.2) is 87.8 Å². The number of hydrogen-bond donors (Lipinski definition) is 2. The van der Waals surface area contributed by atoms with E-state index in [-0.39, 0.29) is 23.7 Å². The first-order valence-electron chi connectivity index (χ1n) is 14.2. The van der Waals surface area contributed by atoms with Gasteiger partial charge in [-0.2, -0.15) is 0 Å². The smallest absolute Gasteiger partial charge is 0.410 e. The van der Waals surface area contributed by atoms with Crippen LogP contribution in [0.1, 0.15) is 62.5 Å². The Bertz CT molecular complexity index is 1400. The Balaban J connectivity index is 1.42. The molecule has 2 fully saturated rings. The third kappa shape index (κ3) is 6.74. The van der Waals surface area contributed by atoms with Crippen LogP contribution in [0.15, 0.2) is 36.7 Å². The maximum absolute atomic E-state index is 12.7. The second-order valence-corrected chi connectivity index (χ2v) is 11.7. The van der Waals surface area contributed by atoms with Gasteiger partial charge in [-0.25, -0.2) is 19.7 Å².